The van der Waals surface area contributed by atoms with Crippen LogP contribution in [0, 0.1) is 11.8 Å². The molecule has 0 aliphatic carbocycles. The molecule has 38 heavy (non-hydrogen) atoms. The summed E-state index contributed by atoms with van der Waals surface area (Å²) in [4.78, 5) is 54.6. The molecule has 1 aromatic rings. The van der Waals surface area contributed by atoms with E-state index in [1.54, 1.807) is 20.8 Å². The fourth-order valence-electron chi connectivity index (χ4n) is 3.72. The summed E-state index contributed by atoms with van der Waals surface area (Å²) in [5, 5.41) is 17.5. The number of aliphatic carboxylic acids is 1. The topological polar surface area (TPSA) is 215 Å². The van der Waals surface area contributed by atoms with Crippen molar-refractivity contribution in [3.63, 3.8) is 0 Å². The van der Waals surface area contributed by atoms with Gasteiger partial charge in [-0.05, 0) is 36.7 Å². The molecule has 10 N–H and O–H groups in total. The first-order valence-corrected chi connectivity index (χ1v) is 12.9. The lowest BCUT2D eigenvalue weighted by Crippen LogP contribution is -2.59. The summed E-state index contributed by atoms with van der Waals surface area (Å²) in [5.41, 5.74) is 17.5. The standard InChI is InChI=1S/C26H43N7O5/c1-5-16(4)21(24(36)31-19(25(37)38)12-9-13-30-26(28)29)33-23(35)20(15(2)3)32-22(34)18(27)14-17-10-7-6-8-11-17/h6-8,10-11,15-16,18-21H,5,9,12-14,27H2,1-4H3,(H,31,36)(H,32,34)(H,33,35)(H,37,38)(H4,28,29,30). The van der Waals surface area contributed by atoms with Crippen LogP contribution in [-0.2, 0) is 25.6 Å². The van der Waals surface area contributed by atoms with E-state index < -0.39 is 47.9 Å². The second-order valence-corrected chi connectivity index (χ2v) is 9.75. The number of amides is 3. The van der Waals surface area contributed by atoms with Crippen molar-refractivity contribution in [2.75, 3.05) is 6.54 Å². The Hall–Kier alpha value is -3.67. The first kappa shape index (κ1) is 32.4. The van der Waals surface area contributed by atoms with Crippen LogP contribution in [0.25, 0.3) is 0 Å². The molecule has 5 unspecified atom stereocenters. The molecule has 0 saturated heterocycles. The number of nitrogens with zero attached hydrogens (tertiary/aromatic N) is 1. The highest BCUT2D eigenvalue weighted by Gasteiger charge is 2.33. The first-order chi connectivity index (χ1) is 17.9. The number of benzene rings is 1. The second kappa shape index (κ2) is 16.2. The fourth-order valence-corrected chi connectivity index (χ4v) is 3.72. The molecule has 0 radical (unpaired) electrons. The summed E-state index contributed by atoms with van der Waals surface area (Å²) >= 11 is 0. The van der Waals surface area contributed by atoms with Gasteiger partial charge in [0.05, 0.1) is 6.04 Å². The van der Waals surface area contributed by atoms with Crippen LogP contribution in [0.15, 0.2) is 35.3 Å². The van der Waals surface area contributed by atoms with Crippen LogP contribution < -0.4 is 33.2 Å². The molecule has 12 nitrogen and oxygen atoms in total. The van der Waals surface area contributed by atoms with E-state index in [4.69, 9.17) is 17.2 Å². The average Bonchev–Trinajstić information content (AvgIpc) is 2.86. The van der Waals surface area contributed by atoms with Crippen LogP contribution >= 0.6 is 0 Å². The fraction of sp³-hybridized carbons (Fsp3) is 0.577. The molecule has 0 aliphatic rings. The van der Waals surface area contributed by atoms with E-state index in [-0.39, 0.29) is 30.8 Å². The number of hydrogen-bond donors (Lipinski definition) is 7. The third kappa shape index (κ3) is 11.2. The van der Waals surface area contributed by atoms with Crippen molar-refractivity contribution in [3.8, 4) is 0 Å². The van der Waals surface area contributed by atoms with E-state index in [1.165, 1.54) is 0 Å². The van der Waals surface area contributed by atoms with Crippen LogP contribution in [0.2, 0.25) is 0 Å². The molecule has 0 bridgehead atoms. The molecule has 1 aromatic carbocycles. The maximum atomic E-state index is 13.2. The van der Waals surface area contributed by atoms with Gasteiger partial charge in [-0.15, -0.1) is 0 Å². The van der Waals surface area contributed by atoms with Gasteiger partial charge in [0, 0.05) is 6.54 Å². The molecule has 0 aromatic heterocycles. The number of nitrogens with two attached hydrogens (primary N) is 3. The van der Waals surface area contributed by atoms with Crippen LogP contribution in [0.4, 0.5) is 0 Å². The molecule has 5 atom stereocenters. The van der Waals surface area contributed by atoms with E-state index >= 15 is 0 Å². The van der Waals surface area contributed by atoms with E-state index in [0.717, 1.165) is 5.56 Å². The normalized spacial score (nSPS) is 14.9. The van der Waals surface area contributed by atoms with Crippen molar-refractivity contribution >= 4 is 29.7 Å². The summed E-state index contributed by atoms with van der Waals surface area (Å²) in [6, 6.07) is 5.28. The number of carboxylic acids is 1. The average molecular weight is 534 g/mol. The van der Waals surface area contributed by atoms with Crippen molar-refractivity contribution < 1.29 is 24.3 Å². The largest absolute Gasteiger partial charge is 0.480 e. The number of nitrogens with one attached hydrogen (secondary N) is 3. The Morgan fingerprint density at radius 2 is 1.50 bits per heavy atom. The van der Waals surface area contributed by atoms with E-state index in [2.05, 4.69) is 20.9 Å². The molecule has 3 amide bonds. The van der Waals surface area contributed by atoms with Crippen molar-refractivity contribution in [3.05, 3.63) is 35.9 Å². The van der Waals surface area contributed by atoms with E-state index in [9.17, 15) is 24.3 Å². The number of guanidine groups is 1. The molecule has 0 heterocycles. The molecular formula is C26H43N7O5. The molecular weight excluding hydrogens is 490 g/mol. The van der Waals surface area contributed by atoms with Crippen LogP contribution in [0.5, 0.6) is 0 Å². The van der Waals surface area contributed by atoms with Gasteiger partial charge in [0.2, 0.25) is 17.7 Å². The zero-order valence-electron chi connectivity index (χ0n) is 22.6. The number of carbonyl (C=O) groups is 4. The SMILES string of the molecule is CCC(C)C(NC(=O)C(NC(=O)C(N)Cc1ccccc1)C(C)C)C(=O)NC(CCCN=C(N)N)C(=O)O. The van der Waals surface area contributed by atoms with Crippen molar-refractivity contribution in [2.45, 2.75) is 77.5 Å². The van der Waals surface area contributed by atoms with Crippen LogP contribution in [0.3, 0.4) is 0 Å². The molecule has 0 spiro atoms. The summed E-state index contributed by atoms with van der Waals surface area (Å²) in [5.74, 6) is -3.59. The molecule has 0 saturated carbocycles. The third-order valence-corrected chi connectivity index (χ3v) is 6.24. The van der Waals surface area contributed by atoms with E-state index in [1.807, 2.05) is 37.3 Å². The lowest BCUT2D eigenvalue weighted by Gasteiger charge is -2.29. The Kier molecular flexibility index (Phi) is 13.8. The molecule has 212 valence electrons. The summed E-state index contributed by atoms with van der Waals surface area (Å²) in [6.07, 6.45) is 1.28. The third-order valence-electron chi connectivity index (χ3n) is 6.24. The molecule has 0 fully saturated rings. The minimum Gasteiger partial charge on any atom is -0.480 e. The summed E-state index contributed by atoms with van der Waals surface area (Å²) < 4.78 is 0. The predicted molar refractivity (Wildman–Crippen MR) is 146 cm³/mol. The van der Waals surface area contributed by atoms with Gasteiger partial charge in [-0.25, -0.2) is 4.79 Å². The first-order valence-electron chi connectivity index (χ1n) is 12.9. The van der Waals surface area contributed by atoms with Crippen molar-refractivity contribution in [2.24, 2.45) is 34.0 Å². The van der Waals surface area contributed by atoms with Gasteiger partial charge < -0.3 is 38.3 Å². The minimum absolute atomic E-state index is 0.100. The van der Waals surface area contributed by atoms with Gasteiger partial charge >= 0.3 is 5.97 Å². The zero-order valence-corrected chi connectivity index (χ0v) is 22.6. The molecule has 1 rings (SSSR count). The summed E-state index contributed by atoms with van der Waals surface area (Å²) in [6.45, 7) is 7.38. The second-order valence-electron chi connectivity index (χ2n) is 9.75. The Balaban J connectivity index is 2.91. The van der Waals surface area contributed by atoms with Gasteiger partial charge in [0.1, 0.15) is 18.1 Å². The highest BCUT2D eigenvalue weighted by Crippen LogP contribution is 2.12. The monoisotopic (exact) mass is 533 g/mol. The predicted octanol–water partition coefficient (Wildman–Crippen LogP) is -0.149. The molecule has 12 heteroatoms. The Morgan fingerprint density at radius 3 is 2.03 bits per heavy atom. The highest BCUT2D eigenvalue weighted by atomic mass is 16.4. The van der Waals surface area contributed by atoms with Gasteiger partial charge in [-0.3, -0.25) is 19.4 Å². The maximum absolute atomic E-state index is 13.2. The summed E-state index contributed by atoms with van der Waals surface area (Å²) in [7, 11) is 0. The highest BCUT2D eigenvalue weighted by molar-refractivity contribution is 5.94. The number of carbonyl (C=O) groups excluding carboxylic acids is 3. The minimum atomic E-state index is -1.21. The molecule has 0 aliphatic heterocycles. The van der Waals surface area contributed by atoms with Crippen LogP contribution in [0.1, 0.15) is 52.5 Å². The number of rotatable bonds is 16. The van der Waals surface area contributed by atoms with Gasteiger partial charge in [0.25, 0.3) is 0 Å². The Morgan fingerprint density at radius 1 is 0.921 bits per heavy atom. The Labute approximate surface area is 224 Å². The quantitative estimate of drug-likeness (QED) is 0.0859. The lowest BCUT2D eigenvalue weighted by molar-refractivity contribution is -0.143. The van der Waals surface area contributed by atoms with Crippen molar-refractivity contribution in [1.82, 2.24) is 16.0 Å². The van der Waals surface area contributed by atoms with Gasteiger partial charge in [-0.1, -0.05) is 64.4 Å². The number of hydrogen-bond acceptors (Lipinski definition) is 6. The smallest absolute Gasteiger partial charge is 0.326 e. The van der Waals surface area contributed by atoms with Crippen molar-refractivity contribution in [1.29, 1.82) is 0 Å². The van der Waals surface area contributed by atoms with E-state index in [0.29, 0.717) is 19.3 Å². The Bertz CT molecular complexity index is 951. The lowest BCUT2D eigenvalue weighted by atomic mass is 9.95. The zero-order chi connectivity index (χ0) is 28.8. The maximum Gasteiger partial charge on any atom is 0.326 e. The van der Waals surface area contributed by atoms with Gasteiger partial charge in [0.15, 0.2) is 5.96 Å². The van der Waals surface area contributed by atoms with Crippen LogP contribution in [-0.4, -0.2) is 65.5 Å². The number of aliphatic imine (C=N–C) groups is 1. The van der Waals surface area contributed by atoms with Gasteiger partial charge in [-0.2, -0.15) is 0 Å². The number of carboxylic acid groups (broad SMARTS) is 1.